The lowest BCUT2D eigenvalue weighted by Crippen LogP contribution is -2.27. The zero-order valence-electron chi connectivity index (χ0n) is 16.8. The van der Waals surface area contributed by atoms with Gasteiger partial charge in [0.2, 0.25) is 12.7 Å². The summed E-state index contributed by atoms with van der Waals surface area (Å²) in [4.78, 5) is 13.4. The van der Waals surface area contributed by atoms with E-state index in [0.717, 1.165) is 35.1 Å². The lowest BCUT2D eigenvalue weighted by Gasteiger charge is -2.17. The van der Waals surface area contributed by atoms with Crippen LogP contribution in [-0.2, 0) is 21.3 Å². The van der Waals surface area contributed by atoms with E-state index in [-0.39, 0.29) is 17.6 Å². The van der Waals surface area contributed by atoms with Gasteiger partial charge in [0.1, 0.15) is 0 Å². The lowest BCUT2D eigenvalue weighted by atomic mass is 9.94. The second-order valence-corrected chi connectivity index (χ2v) is 8.83. The van der Waals surface area contributed by atoms with Crippen LogP contribution in [-0.4, -0.2) is 21.5 Å². The Bertz CT molecular complexity index is 1200. The van der Waals surface area contributed by atoms with Crippen molar-refractivity contribution in [2.75, 3.05) is 12.1 Å². The van der Waals surface area contributed by atoms with Gasteiger partial charge in [-0.2, -0.15) is 0 Å². The molecule has 3 aromatic rings. The van der Waals surface area contributed by atoms with Crippen LogP contribution in [0.3, 0.4) is 0 Å². The zero-order chi connectivity index (χ0) is 21.6. The minimum atomic E-state index is -2.26. The van der Waals surface area contributed by atoms with Gasteiger partial charge in [0.15, 0.2) is 11.5 Å². The molecule has 1 atom stereocenters. The van der Waals surface area contributed by atoms with E-state index < -0.39 is 16.5 Å². The van der Waals surface area contributed by atoms with E-state index >= 15 is 0 Å². The number of benzene rings is 3. The first-order chi connectivity index (χ1) is 15.0. The molecule has 1 N–H and O–H groups in total. The fraction of sp³-hybridized carbons (Fsp3) is 0.208. The molecule has 6 nitrogen and oxygen atoms in total. The number of hydrogen-bond donors (Lipinski definition) is 1. The summed E-state index contributed by atoms with van der Waals surface area (Å²) >= 11 is -2.26. The molecule has 1 aliphatic carbocycles. The molecule has 0 bridgehead atoms. The van der Waals surface area contributed by atoms with Gasteiger partial charge in [-0.25, -0.2) is 0 Å². The molecule has 2 aliphatic rings. The summed E-state index contributed by atoms with van der Waals surface area (Å²) in [5.41, 5.74) is 3.95. The predicted octanol–water partition coefficient (Wildman–Crippen LogP) is 4.30. The highest BCUT2D eigenvalue weighted by molar-refractivity contribution is 7.79. The third kappa shape index (κ3) is 3.60. The van der Waals surface area contributed by atoms with E-state index in [1.165, 1.54) is 0 Å². The quantitative estimate of drug-likeness (QED) is 0.605. The van der Waals surface area contributed by atoms with Gasteiger partial charge in [0.05, 0.1) is 5.41 Å². The van der Waals surface area contributed by atoms with Crippen molar-refractivity contribution >= 4 is 22.7 Å². The maximum Gasteiger partial charge on any atom is 0.235 e. The van der Waals surface area contributed by atoms with Gasteiger partial charge < -0.3 is 19.3 Å². The minimum Gasteiger partial charge on any atom is -0.768 e. The monoisotopic (exact) mass is 434 g/mol. The average molecular weight is 434 g/mol. The van der Waals surface area contributed by atoms with Crippen molar-refractivity contribution in [3.8, 4) is 22.6 Å². The Balaban J connectivity index is 1.39. The van der Waals surface area contributed by atoms with Crippen molar-refractivity contribution in [2.24, 2.45) is 0 Å². The summed E-state index contributed by atoms with van der Waals surface area (Å²) in [6.45, 7) is 2.19. The van der Waals surface area contributed by atoms with Gasteiger partial charge in [0, 0.05) is 10.6 Å². The number of fused-ring (bicyclic) bond motifs is 1. The van der Waals surface area contributed by atoms with Crippen LogP contribution in [0.2, 0.25) is 0 Å². The molecule has 158 valence electrons. The molecule has 3 aromatic carbocycles. The molecule has 1 fully saturated rings. The van der Waals surface area contributed by atoms with E-state index in [2.05, 4.69) is 5.32 Å². The molecular formula is C24H20NO5S-. The Morgan fingerprint density at radius 2 is 1.74 bits per heavy atom. The maximum atomic E-state index is 13.2. The second kappa shape index (κ2) is 7.51. The number of ether oxygens (including phenoxy) is 2. The van der Waals surface area contributed by atoms with Crippen molar-refractivity contribution in [2.45, 2.75) is 30.1 Å². The molecule has 0 aromatic heterocycles. The summed E-state index contributed by atoms with van der Waals surface area (Å²) in [5, 5.41) is 3.07. The molecule has 7 heteroatoms. The minimum absolute atomic E-state index is 0.0433. The fourth-order valence-electron chi connectivity index (χ4n) is 3.97. The zero-order valence-corrected chi connectivity index (χ0v) is 17.7. The van der Waals surface area contributed by atoms with Gasteiger partial charge in [-0.05, 0) is 89.5 Å². The third-order valence-electron chi connectivity index (χ3n) is 5.96. The molecule has 1 saturated carbocycles. The Kier molecular flexibility index (Phi) is 4.79. The molecule has 1 amide bonds. The van der Waals surface area contributed by atoms with E-state index in [1.807, 2.05) is 43.3 Å². The second-order valence-electron chi connectivity index (χ2n) is 7.89. The van der Waals surface area contributed by atoms with Gasteiger partial charge >= 0.3 is 0 Å². The van der Waals surface area contributed by atoms with Crippen molar-refractivity contribution < 1.29 is 23.0 Å². The van der Waals surface area contributed by atoms with Crippen molar-refractivity contribution in [3.05, 3.63) is 71.8 Å². The molecule has 0 radical (unpaired) electrons. The lowest BCUT2D eigenvalue weighted by molar-refractivity contribution is -0.118. The van der Waals surface area contributed by atoms with Gasteiger partial charge in [-0.1, -0.05) is 24.3 Å². The van der Waals surface area contributed by atoms with Crippen LogP contribution in [0.15, 0.2) is 65.6 Å². The molecule has 1 aliphatic heterocycles. The summed E-state index contributed by atoms with van der Waals surface area (Å²) in [7, 11) is 0. The van der Waals surface area contributed by atoms with E-state index in [1.54, 1.807) is 24.3 Å². The van der Waals surface area contributed by atoms with Crippen LogP contribution in [0.4, 0.5) is 5.69 Å². The van der Waals surface area contributed by atoms with Crippen molar-refractivity contribution in [1.29, 1.82) is 0 Å². The SMILES string of the molecule is Cc1ccc(NC(=O)C2(c3ccc4c(c3)OCO4)CC2)cc1-c1ccc(S(=O)[O-])cc1. The summed E-state index contributed by atoms with van der Waals surface area (Å²) in [5.74, 6) is 1.34. The number of nitrogens with one attached hydrogen (secondary N) is 1. The van der Waals surface area contributed by atoms with Crippen LogP contribution in [0.5, 0.6) is 11.5 Å². The fourth-order valence-corrected chi connectivity index (χ4v) is 4.33. The molecule has 1 heterocycles. The Hall–Kier alpha value is -3.16. The molecule has 0 saturated heterocycles. The number of rotatable bonds is 5. The standard InChI is InChI=1S/C24H21NO5S/c1-15-2-6-18(13-20(15)16-3-7-19(8-4-16)31(27)28)25-23(26)24(10-11-24)17-5-9-21-22(12-17)30-14-29-21/h2-9,12-13H,10-11,14H2,1H3,(H,25,26)(H,27,28)/p-1. The van der Waals surface area contributed by atoms with Crippen LogP contribution in [0, 0.1) is 6.92 Å². The number of hydrogen-bond acceptors (Lipinski definition) is 5. The van der Waals surface area contributed by atoms with Crippen LogP contribution >= 0.6 is 0 Å². The normalized spacial score (nSPS) is 16.6. The smallest absolute Gasteiger partial charge is 0.235 e. The maximum absolute atomic E-state index is 13.2. The van der Waals surface area contributed by atoms with Gasteiger partial charge in [-0.15, -0.1) is 0 Å². The van der Waals surface area contributed by atoms with E-state index in [0.29, 0.717) is 17.2 Å². The number of anilines is 1. The summed E-state index contributed by atoms with van der Waals surface area (Å²) < 4.78 is 33.1. The molecular weight excluding hydrogens is 414 g/mol. The van der Waals surface area contributed by atoms with Crippen LogP contribution in [0.25, 0.3) is 11.1 Å². The summed E-state index contributed by atoms with van der Waals surface area (Å²) in [6, 6.07) is 18.1. The van der Waals surface area contributed by atoms with Crippen LogP contribution < -0.4 is 14.8 Å². The Morgan fingerprint density at radius 3 is 2.45 bits per heavy atom. The summed E-state index contributed by atoms with van der Waals surface area (Å²) in [6.07, 6.45) is 1.57. The molecule has 0 spiro atoms. The van der Waals surface area contributed by atoms with Gasteiger partial charge in [-0.3, -0.25) is 9.00 Å². The first-order valence-electron chi connectivity index (χ1n) is 9.98. The highest BCUT2D eigenvalue weighted by atomic mass is 32.2. The number of carbonyl (C=O) groups excluding carboxylic acids is 1. The first-order valence-corrected chi connectivity index (χ1v) is 11.1. The van der Waals surface area contributed by atoms with E-state index in [4.69, 9.17) is 9.47 Å². The van der Waals surface area contributed by atoms with Gasteiger partial charge in [0.25, 0.3) is 0 Å². The third-order valence-corrected chi connectivity index (χ3v) is 6.62. The average Bonchev–Trinajstić information content (AvgIpc) is 3.46. The molecule has 5 rings (SSSR count). The number of aryl methyl sites for hydroxylation is 1. The topological polar surface area (TPSA) is 87.7 Å². The predicted molar refractivity (Wildman–Crippen MR) is 116 cm³/mol. The Morgan fingerprint density at radius 1 is 1.00 bits per heavy atom. The number of amides is 1. The molecule has 1 unspecified atom stereocenters. The van der Waals surface area contributed by atoms with Crippen molar-refractivity contribution in [1.82, 2.24) is 0 Å². The van der Waals surface area contributed by atoms with Crippen molar-refractivity contribution in [3.63, 3.8) is 0 Å². The highest BCUT2D eigenvalue weighted by Crippen LogP contribution is 2.51. The highest BCUT2D eigenvalue weighted by Gasteiger charge is 2.51. The first kappa shape index (κ1) is 19.8. The Labute approximate surface area is 182 Å². The van der Waals surface area contributed by atoms with Crippen LogP contribution in [0.1, 0.15) is 24.0 Å². The largest absolute Gasteiger partial charge is 0.768 e. The van der Waals surface area contributed by atoms with E-state index in [9.17, 15) is 13.6 Å². The number of carbonyl (C=O) groups is 1. The molecule has 31 heavy (non-hydrogen) atoms.